The Morgan fingerprint density at radius 1 is 1.48 bits per heavy atom. The van der Waals surface area contributed by atoms with Crippen molar-refractivity contribution in [3.63, 3.8) is 0 Å². The molecule has 7 nitrogen and oxygen atoms in total. The van der Waals surface area contributed by atoms with Crippen LogP contribution in [-0.4, -0.2) is 58.0 Å². The number of rotatable bonds is 5. The SMILES string of the molecule is Cn1cc(CN2C[C@@H]3COC[C@]3(CNC(=O)c3cccn3C)C2)cn1. The van der Waals surface area contributed by atoms with Crippen molar-refractivity contribution in [2.24, 2.45) is 25.4 Å². The molecular formula is C18H25N5O2. The lowest BCUT2D eigenvalue weighted by Crippen LogP contribution is -2.43. The van der Waals surface area contributed by atoms with Crippen LogP contribution in [0.15, 0.2) is 30.7 Å². The Bertz CT molecular complexity index is 767. The zero-order valence-electron chi connectivity index (χ0n) is 14.8. The Morgan fingerprint density at radius 2 is 2.36 bits per heavy atom. The number of fused-ring (bicyclic) bond motifs is 1. The number of carbonyl (C=O) groups is 1. The molecule has 2 atom stereocenters. The molecule has 0 saturated carbocycles. The minimum Gasteiger partial charge on any atom is -0.380 e. The number of ether oxygens (including phenoxy) is 1. The van der Waals surface area contributed by atoms with Gasteiger partial charge in [-0.05, 0) is 12.1 Å². The maximum absolute atomic E-state index is 12.4. The van der Waals surface area contributed by atoms with Gasteiger partial charge in [0.1, 0.15) is 5.69 Å². The van der Waals surface area contributed by atoms with Gasteiger partial charge in [-0.2, -0.15) is 5.10 Å². The van der Waals surface area contributed by atoms with E-state index in [-0.39, 0.29) is 11.3 Å². The third-order valence-electron chi connectivity index (χ3n) is 5.53. The lowest BCUT2D eigenvalue weighted by atomic mass is 9.81. The summed E-state index contributed by atoms with van der Waals surface area (Å²) in [5.74, 6) is 0.455. The minimum absolute atomic E-state index is 0.0155. The third kappa shape index (κ3) is 3.09. The van der Waals surface area contributed by atoms with Crippen LogP contribution >= 0.6 is 0 Å². The summed E-state index contributed by atoms with van der Waals surface area (Å²) in [6.45, 7) is 5.01. The number of amides is 1. The summed E-state index contributed by atoms with van der Waals surface area (Å²) in [6, 6.07) is 3.73. The lowest BCUT2D eigenvalue weighted by Gasteiger charge is -2.27. The monoisotopic (exact) mass is 343 g/mol. The number of aryl methyl sites for hydroxylation is 2. The lowest BCUT2D eigenvalue weighted by molar-refractivity contribution is 0.0896. The fourth-order valence-corrected chi connectivity index (χ4v) is 4.17. The van der Waals surface area contributed by atoms with Crippen molar-refractivity contribution in [2.75, 3.05) is 32.8 Å². The van der Waals surface area contributed by atoms with E-state index in [1.165, 1.54) is 5.56 Å². The molecule has 25 heavy (non-hydrogen) atoms. The summed E-state index contributed by atoms with van der Waals surface area (Å²) in [4.78, 5) is 14.9. The smallest absolute Gasteiger partial charge is 0.267 e. The van der Waals surface area contributed by atoms with E-state index in [1.54, 1.807) is 0 Å². The molecule has 7 heteroatoms. The maximum Gasteiger partial charge on any atom is 0.267 e. The van der Waals surface area contributed by atoms with Gasteiger partial charge >= 0.3 is 0 Å². The Balaban J connectivity index is 1.41. The van der Waals surface area contributed by atoms with Gasteiger partial charge in [0.25, 0.3) is 5.91 Å². The fraction of sp³-hybridized carbons (Fsp3) is 0.556. The molecule has 0 unspecified atom stereocenters. The second kappa shape index (κ2) is 6.31. The van der Waals surface area contributed by atoms with Crippen molar-refractivity contribution in [3.8, 4) is 0 Å². The van der Waals surface area contributed by atoms with Gasteiger partial charge < -0.3 is 14.6 Å². The highest BCUT2D eigenvalue weighted by atomic mass is 16.5. The van der Waals surface area contributed by atoms with Crippen LogP contribution in [0.3, 0.4) is 0 Å². The Hall–Kier alpha value is -2.12. The molecule has 4 rings (SSSR count). The average Bonchev–Trinajstić information content (AvgIpc) is 3.30. The average molecular weight is 343 g/mol. The fourth-order valence-electron chi connectivity index (χ4n) is 4.17. The van der Waals surface area contributed by atoms with Crippen LogP contribution in [0.25, 0.3) is 0 Å². The van der Waals surface area contributed by atoms with Gasteiger partial charge in [0.15, 0.2) is 0 Å². The van der Waals surface area contributed by atoms with Gasteiger partial charge in [-0.15, -0.1) is 0 Å². The molecule has 0 aliphatic carbocycles. The van der Waals surface area contributed by atoms with Crippen molar-refractivity contribution < 1.29 is 9.53 Å². The Morgan fingerprint density at radius 3 is 3.08 bits per heavy atom. The molecule has 0 aromatic carbocycles. The first-order chi connectivity index (χ1) is 12.1. The summed E-state index contributed by atoms with van der Waals surface area (Å²) >= 11 is 0. The van der Waals surface area contributed by atoms with E-state index < -0.39 is 0 Å². The van der Waals surface area contributed by atoms with Crippen LogP contribution in [0.2, 0.25) is 0 Å². The number of hydrogen-bond donors (Lipinski definition) is 1. The van der Waals surface area contributed by atoms with Crippen LogP contribution in [0.1, 0.15) is 16.1 Å². The van der Waals surface area contributed by atoms with E-state index in [1.807, 2.05) is 47.9 Å². The predicted octanol–water partition coefficient (Wildman–Crippen LogP) is 0.637. The Kier molecular flexibility index (Phi) is 4.13. The molecule has 134 valence electrons. The number of carbonyl (C=O) groups excluding carboxylic acids is 1. The molecule has 0 spiro atoms. The number of hydrogen-bond acceptors (Lipinski definition) is 4. The van der Waals surface area contributed by atoms with E-state index in [9.17, 15) is 4.79 Å². The molecule has 0 bridgehead atoms. The number of aromatic nitrogens is 3. The van der Waals surface area contributed by atoms with Crippen LogP contribution in [0, 0.1) is 11.3 Å². The molecule has 1 N–H and O–H groups in total. The van der Waals surface area contributed by atoms with E-state index in [0.717, 1.165) is 26.2 Å². The van der Waals surface area contributed by atoms with Gasteiger partial charge in [-0.25, -0.2) is 0 Å². The minimum atomic E-state index is -0.0155. The highest BCUT2D eigenvalue weighted by molar-refractivity contribution is 5.92. The van der Waals surface area contributed by atoms with E-state index >= 15 is 0 Å². The molecule has 2 aromatic heterocycles. The zero-order chi connectivity index (χ0) is 17.4. The highest BCUT2D eigenvalue weighted by Gasteiger charge is 2.50. The van der Waals surface area contributed by atoms with Gasteiger partial charge in [0.05, 0.1) is 19.4 Å². The van der Waals surface area contributed by atoms with E-state index in [2.05, 4.69) is 21.5 Å². The van der Waals surface area contributed by atoms with Gasteiger partial charge in [-0.3, -0.25) is 14.4 Å². The molecule has 1 amide bonds. The summed E-state index contributed by atoms with van der Waals surface area (Å²) < 4.78 is 9.45. The van der Waals surface area contributed by atoms with Gasteiger partial charge in [0, 0.05) is 69.6 Å². The molecule has 2 aromatic rings. The van der Waals surface area contributed by atoms with Crippen LogP contribution in [0.5, 0.6) is 0 Å². The molecule has 2 aliphatic heterocycles. The maximum atomic E-state index is 12.4. The Labute approximate surface area is 147 Å². The first-order valence-corrected chi connectivity index (χ1v) is 8.73. The quantitative estimate of drug-likeness (QED) is 0.865. The van der Waals surface area contributed by atoms with Crippen molar-refractivity contribution in [1.29, 1.82) is 0 Å². The molecule has 0 radical (unpaired) electrons. The van der Waals surface area contributed by atoms with Crippen molar-refractivity contribution in [3.05, 3.63) is 42.0 Å². The van der Waals surface area contributed by atoms with Gasteiger partial charge in [-0.1, -0.05) is 0 Å². The van der Waals surface area contributed by atoms with Crippen molar-refractivity contribution in [2.45, 2.75) is 6.54 Å². The number of likely N-dealkylation sites (tertiary alicyclic amines) is 1. The predicted molar refractivity (Wildman–Crippen MR) is 93.0 cm³/mol. The van der Waals surface area contributed by atoms with Crippen LogP contribution in [-0.2, 0) is 25.4 Å². The molecule has 2 fully saturated rings. The summed E-state index contributed by atoms with van der Waals surface area (Å²) in [7, 11) is 3.83. The summed E-state index contributed by atoms with van der Waals surface area (Å²) in [5, 5.41) is 7.39. The molecule has 2 aliphatic rings. The standard InChI is InChI=1S/C18H25N5O2/c1-21-5-3-4-16(21)17(24)19-11-18-12-23(9-15(18)10-25-13-18)8-14-6-20-22(2)7-14/h3-7,15H,8-13H2,1-2H3,(H,19,24)/t15-,18+/m1/s1. The summed E-state index contributed by atoms with van der Waals surface area (Å²) in [6.07, 6.45) is 5.88. The second-order valence-electron chi connectivity index (χ2n) is 7.45. The number of nitrogens with one attached hydrogen (secondary N) is 1. The molecular weight excluding hydrogens is 318 g/mol. The normalized spacial score (nSPS) is 26.1. The second-order valence-corrected chi connectivity index (χ2v) is 7.45. The van der Waals surface area contributed by atoms with Crippen molar-refractivity contribution in [1.82, 2.24) is 24.6 Å². The van der Waals surface area contributed by atoms with Crippen LogP contribution < -0.4 is 5.32 Å². The summed E-state index contributed by atoms with van der Waals surface area (Å²) in [5.41, 5.74) is 1.94. The molecule has 4 heterocycles. The van der Waals surface area contributed by atoms with Gasteiger partial charge in [0.2, 0.25) is 0 Å². The topological polar surface area (TPSA) is 64.3 Å². The zero-order valence-corrected chi connectivity index (χ0v) is 14.8. The first kappa shape index (κ1) is 16.4. The third-order valence-corrected chi connectivity index (χ3v) is 5.53. The first-order valence-electron chi connectivity index (χ1n) is 8.73. The largest absolute Gasteiger partial charge is 0.380 e. The van der Waals surface area contributed by atoms with Crippen molar-refractivity contribution >= 4 is 5.91 Å². The highest BCUT2D eigenvalue weighted by Crippen LogP contribution is 2.41. The van der Waals surface area contributed by atoms with Crippen LogP contribution in [0.4, 0.5) is 0 Å². The van der Waals surface area contributed by atoms with E-state index in [0.29, 0.717) is 24.8 Å². The molecule has 2 saturated heterocycles. The number of nitrogens with zero attached hydrogens (tertiary/aromatic N) is 4. The van der Waals surface area contributed by atoms with E-state index in [4.69, 9.17) is 4.74 Å².